The number of carbonyl (C=O) groups is 1. The lowest BCUT2D eigenvalue weighted by Crippen LogP contribution is -2.36. The number of nitrogens with zero attached hydrogens (tertiary/aromatic N) is 1. The topological polar surface area (TPSA) is 86.7 Å². The van der Waals surface area contributed by atoms with Crippen molar-refractivity contribution < 1.29 is 18.3 Å². The molecule has 1 aromatic rings. The number of benzene rings is 1. The Hall–Kier alpha value is -1.44. The third-order valence-corrected chi connectivity index (χ3v) is 4.97. The predicted molar refractivity (Wildman–Crippen MR) is 85.1 cm³/mol. The van der Waals surface area contributed by atoms with Gasteiger partial charge in [0.05, 0.1) is 11.5 Å². The Morgan fingerprint density at radius 2 is 2.00 bits per heavy atom. The fourth-order valence-corrected chi connectivity index (χ4v) is 3.46. The molecule has 0 fully saturated rings. The zero-order valence-corrected chi connectivity index (χ0v) is 14.1. The maximum Gasteiger partial charge on any atom is 0.240 e. The predicted octanol–water partition coefficient (Wildman–Crippen LogP) is 0.813. The zero-order chi connectivity index (χ0) is 16.8. The molecule has 0 bridgehead atoms. The van der Waals surface area contributed by atoms with E-state index in [-0.39, 0.29) is 36.9 Å². The molecule has 0 saturated heterocycles. The minimum Gasteiger partial charge on any atom is -0.395 e. The minimum atomic E-state index is -3.62. The van der Waals surface area contributed by atoms with Crippen LogP contribution < -0.4 is 4.72 Å². The van der Waals surface area contributed by atoms with Gasteiger partial charge in [-0.05, 0) is 38.0 Å². The molecule has 6 nitrogen and oxygen atoms in total. The molecule has 0 aliphatic rings. The van der Waals surface area contributed by atoms with Crippen LogP contribution in [0.1, 0.15) is 24.5 Å². The van der Waals surface area contributed by atoms with Crippen LogP contribution in [0.3, 0.4) is 0 Å². The summed E-state index contributed by atoms with van der Waals surface area (Å²) in [6.07, 6.45) is 0.0674. The number of rotatable bonds is 8. The first-order valence-corrected chi connectivity index (χ1v) is 8.75. The highest BCUT2D eigenvalue weighted by Gasteiger charge is 2.18. The van der Waals surface area contributed by atoms with E-state index in [9.17, 15) is 13.2 Å². The molecule has 22 heavy (non-hydrogen) atoms. The van der Waals surface area contributed by atoms with Gasteiger partial charge in [0.25, 0.3) is 0 Å². The zero-order valence-electron chi connectivity index (χ0n) is 13.3. The summed E-state index contributed by atoms with van der Waals surface area (Å²) in [6.45, 7) is 6.07. The Morgan fingerprint density at radius 1 is 1.32 bits per heavy atom. The number of aliphatic hydroxyl groups excluding tert-OH is 1. The van der Waals surface area contributed by atoms with Crippen molar-refractivity contribution in [1.82, 2.24) is 9.62 Å². The summed E-state index contributed by atoms with van der Waals surface area (Å²) in [7, 11) is -3.62. The Bertz CT molecular complexity index is 614. The molecule has 0 heterocycles. The van der Waals surface area contributed by atoms with Gasteiger partial charge in [0.2, 0.25) is 15.9 Å². The van der Waals surface area contributed by atoms with Crippen LogP contribution in [0, 0.1) is 13.8 Å². The van der Waals surface area contributed by atoms with Gasteiger partial charge in [0, 0.05) is 26.1 Å². The van der Waals surface area contributed by atoms with Crippen molar-refractivity contribution in [2.24, 2.45) is 0 Å². The molecule has 0 radical (unpaired) electrons. The van der Waals surface area contributed by atoms with Gasteiger partial charge in [-0.1, -0.05) is 12.1 Å². The van der Waals surface area contributed by atoms with Crippen molar-refractivity contribution in [2.45, 2.75) is 32.1 Å². The first-order chi connectivity index (χ1) is 10.3. The number of aliphatic hydroxyl groups is 1. The van der Waals surface area contributed by atoms with Gasteiger partial charge in [0.15, 0.2) is 0 Å². The maximum absolute atomic E-state index is 12.3. The Balaban J connectivity index is 2.67. The fraction of sp³-hybridized carbons (Fsp3) is 0.533. The van der Waals surface area contributed by atoms with Gasteiger partial charge in [-0.15, -0.1) is 0 Å². The second-order valence-electron chi connectivity index (χ2n) is 5.11. The van der Waals surface area contributed by atoms with Crippen molar-refractivity contribution in [2.75, 3.05) is 26.2 Å². The molecular weight excluding hydrogens is 304 g/mol. The number of aryl methyl sites for hydroxylation is 2. The van der Waals surface area contributed by atoms with Gasteiger partial charge < -0.3 is 10.0 Å². The number of nitrogens with one attached hydrogen (secondary N) is 1. The van der Waals surface area contributed by atoms with Crippen LogP contribution in [0.2, 0.25) is 0 Å². The molecule has 0 atom stereocenters. The molecule has 7 heteroatoms. The average Bonchev–Trinajstić information content (AvgIpc) is 2.46. The lowest BCUT2D eigenvalue weighted by atomic mass is 10.2. The normalized spacial score (nSPS) is 11.5. The molecule has 0 aliphatic carbocycles. The van der Waals surface area contributed by atoms with Gasteiger partial charge in [-0.3, -0.25) is 4.79 Å². The second kappa shape index (κ2) is 8.26. The summed E-state index contributed by atoms with van der Waals surface area (Å²) in [6, 6.07) is 5.23. The van der Waals surface area contributed by atoms with Crippen LogP contribution in [0.4, 0.5) is 0 Å². The summed E-state index contributed by atoms with van der Waals surface area (Å²) in [4.78, 5) is 13.6. The first kappa shape index (κ1) is 18.6. The van der Waals surface area contributed by atoms with Crippen LogP contribution >= 0.6 is 0 Å². The van der Waals surface area contributed by atoms with Crippen molar-refractivity contribution >= 4 is 15.9 Å². The van der Waals surface area contributed by atoms with Crippen molar-refractivity contribution in [3.63, 3.8) is 0 Å². The number of sulfonamides is 1. The molecule has 0 unspecified atom stereocenters. The van der Waals surface area contributed by atoms with Crippen LogP contribution in [0.25, 0.3) is 0 Å². The molecule has 2 N–H and O–H groups in total. The molecule has 0 spiro atoms. The van der Waals surface area contributed by atoms with Crippen LogP contribution in [-0.2, 0) is 14.8 Å². The summed E-state index contributed by atoms with van der Waals surface area (Å²) in [5, 5.41) is 8.87. The lowest BCUT2D eigenvalue weighted by Gasteiger charge is -2.19. The van der Waals surface area contributed by atoms with E-state index < -0.39 is 10.0 Å². The third-order valence-electron chi connectivity index (χ3n) is 3.37. The molecule has 1 rings (SSSR count). The van der Waals surface area contributed by atoms with E-state index in [4.69, 9.17) is 5.11 Å². The van der Waals surface area contributed by atoms with Gasteiger partial charge in [-0.25, -0.2) is 13.1 Å². The van der Waals surface area contributed by atoms with Crippen LogP contribution in [-0.4, -0.2) is 50.6 Å². The summed E-state index contributed by atoms with van der Waals surface area (Å²) >= 11 is 0. The van der Waals surface area contributed by atoms with Crippen LogP contribution in [0.15, 0.2) is 23.1 Å². The average molecular weight is 328 g/mol. The molecule has 0 saturated carbocycles. The van der Waals surface area contributed by atoms with E-state index in [0.29, 0.717) is 12.1 Å². The lowest BCUT2D eigenvalue weighted by molar-refractivity contribution is -0.131. The molecule has 0 aromatic heterocycles. The smallest absolute Gasteiger partial charge is 0.240 e. The molecule has 0 aliphatic heterocycles. The Labute approximate surface area is 132 Å². The van der Waals surface area contributed by atoms with E-state index >= 15 is 0 Å². The van der Waals surface area contributed by atoms with Crippen molar-refractivity contribution in [3.05, 3.63) is 29.3 Å². The first-order valence-electron chi connectivity index (χ1n) is 7.27. The third kappa shape index (κ3) is 5.08. The molecule has 1 amide bonds. The van der Waals surface area contributed by atoms with E-state index in [1.54, 1.807) is 19.1 Å². The van der Waals surface area contributed by atoms with E-state index in [0.717, 1.165) is 5.56 Å². The molecule has 1 aromatic carbocycles. The monoisotopic (exact) mass is 328 g/mol. The summed E-state index contributed by atoms with van der Waals surface area (Å²) < 4.78 is 27.0. The van der Waals surface area contributed by atoms with Crippen molar-refractivity contribution in [3.8, 4) is 0 Å². The second-order valence-corrected chi connectivity index (χ2v) is 6.85. The maximum atomic E-state index is 12.3. The van der Waals surface area contributed by atoms with Gasteiger partial charge in [-0.2, -0.15) is 0 Å². The standard InChI is InChI=1S/C15H24N2O4S/c1-4-17(9-10-18)15(19)7-8-16-22(20,21)14-11-12(2)5-6-13(14)3/h5-6,11,16,18H,4,7-10H2,1-3H3. The number of hydrogen-bond donors (Lipinski definition) is 2. The summed E-state index contributed by atoms with van der Waals surface area (Å²) in [5.74, 6) is -0.180. The van der Waals surface area contributed by atoms with E-state index in [1.807, 2.05) is 19.9 Å². The highest BCUT2D eigenvalue weighted by Crippen LogP contribution is 2.16. The Morgan fingerprint density at radius 3 is 2.59 bits per heavy atom. The highest BCUT2D eigenvalue weighted by atomic mass is 32.2. The number of likely N-dealkylation sites (N-methyl/N-ethyl adjacent to an activating group) is 1. The summed E-state index contributed by atoms with van der Waals surface area (Å²) in [5.41, 5.74) is 1.53. The molecular formula is C15H24N2O4S. The number of amides is 1. The SMILES string of the molecule is CCN(CCO)C(=O)CCNS(=O)(=O)c1cc(C)ccc1C. The molecule has 124 valence electrons. The quantitative estimate of drug-likeness (QED) is 0.739. The van der Waals surface area contributed by atoms with Gasteiger partial charge in [0.1, 0.15) is 0 Å². The number of hydrogen-bond acceptors (Lipinski definition) is 4. The van der Waals surface area contributed by atoms with Crippen LogP contribution in [0.5, 0.6) is 0 Å². The Kier molecular flexibility index (Phi) is 6.99. The van der Waals surface area contributed by atoms with Gasteiger partial charge >= 0.3 is 0 Å². The largest absolute Gasteiger partial charge is 0.395 e. The van der Waals surface area contributed by atoms with Crippen molar-refractivity contribution in [1.29, 1.82) is 0 Å². The van der Waals surface area contributed by atoms with E-state index in [1.165, 1.54) is 4.90 Å². The fourth-order valence-electron chi connectivity index (χ4n) is 2.10. The highest BCUT2D eigenvalue weighted by molar-refractivity contribution is 7.89. The number of carbonyl (C=O) groups excluding carboxylic acids is 1. The minimum absolute atomic E-state index is 0.0382. The van der Waals surface area contributed by atoms with E-state index in [2.05, 4.69) is 4.72 Å².